The Balaban J connectivity index is 1.25. The molecule has 9 heteroatoms. The zero-order chi connectivity index (χ0) is 21.5. The normalized spacial score (nSPS) is 14.1. The third-order valence-corrected chi connectivity index (χ3v) is 5.61. The van der Waals surface area contributed by atoms with Crippen molar-refractivity contribution in [3.8, 4) is 0 Å². The molecule has 1 fully saturated rings. The Morgan fingerprint density at radius 2 is 1.77 bits per heavy atom. The summed E-state index contributed by atoms with van der Waals surface area (Å²) in [4.78, 5) is 41.5. The van der Waals surface area contributed by atoms with Crippen LogP contribution in [0.1, 0.15) is 11.3 Å². The van der Waals surface area contributed by atoms with Crippen molar-refractivity contribution in [3.63, 3.8) is 0 Å². The number of carbonyl (C=O) groups is 2. The largest absolute Gasteiger partial charge is 0.339 e. The van der Waals surface area contributed by atoms with Crippen LogP contribution in [-0.4, -0.2) is 57.8 Å². The van der Waals surface area contributed by atoms with Crippen molar-refractivity contribution in [3.05, 3.63) is 71.5 Å². The van der Waals surface area contributed by atoms with Crippen molar-refractivity contribution in [2.24, 2.45) is 0 Å². The summed E-state index contributed by atoms with van der Waals surface area (Å²) in [5, 5.41) is 5.04. The van der Waals surface area contributed by atoms with Gasteiger partial charge in [0, 0.05) is 50.0 Å². The fourth-order valence-corrected chi connectivity index (χ4v) is 3.92. The minimum absolute atomic E-state index is 0.0285. The average molecular weight is 435 g/mol. The molecule has 1 aliphatic heterocycles. The summed E-state index contributed by atoms with van der Waals surface area (Å²) in [6.45, 7) is 2.63. The van der Waals surface area contributed by atoms with E-state index >= 15 is 0 Å². The second-order valence-electron chi connectivity index (χ2n) is 6.97. The van der Waals surface area contributed by atoms with Crippen LogP contribution in [0.25, 0.3) is 6.08 Å². The molecule has 0 radical (unpaired) electrons. The Hall–Kier alpha value is -3.59. The van der Waals surface area contributed by atoms with E-state index in [0.717, 1.165) is 5.56 Å². The standard InChI is InChI=1S/C22H22N6O2S/c29-19(8-7-17-5-2-1-3-6-17)26-22-25-18(16-31-22)15-20(30)27-11-13-28(14-12-27)21-23-9-4-10-24-21/h1-10,16H,11-15H2,(H,25,26,29)/b8-7+. The summed E-state index contributed by atoms with van der Waals surface area (Å²) in [5.41, 5.74) is 1.60. The lowest BCUT2D eigenvalue weighted by Gasteiger charge is -2.34. The van der Waals surface area contributed by atoms with Crippen molar-refractivity contribution in [2.45, 2.75) is 6.42 Å². The maximum absolute atomic E-state index is 12.6. The number of aromatic nitrogens is 3. The second kappa shape index (κ2) is 9.94. The molecule has 3 heterocycles. The van der Waals surface area contributed by atoms with Crippen LogP contribution < -0.4 is 10.2 Å². The molecule has 1 aromatic carbocycles. The van der Waals surface area contributed by atoms with Gasteiger partial charge in [0.2, 0.25) is 17.8 Å². The summed E-state index contributed by atoms with van der Waals surface area (Å²) in [6, 6.07) is 11.4. The first-order valence-corrected chi connectivity index (χ1v) is 10.8. The molecule has 31 heavy (non-hydrogen) atoms. The number of nitrogens with zero attached hydrogens (tertiary/aromatic N) is 5. The van der Waals surface area contributed by atoms with Gasteiger partial charge >= 0.3 is 0 Å². The number of rotatable bonds is 6. The quantitative estimate of drug-likeness (QED) is 0.600. The van der Waals surface area contributed by atoms with E-state index in [1.807, 2.05) is 40.6 Å². The molecule has 4 rings (SSSR count). The third kappa shape index (κ3) is 5.73. The summed E-state index contributed by atoms with van der Waals surface area (Å²) in [7, 11) is 0. The zero-order valence-electron chi connectivity index (χ0n) is 16.8. The minimum atomic E-state index is -0.254. The molecule has 3 aromatic rings. The van der Waals surface area contributed by atoms with E-state index in [4.69, 9.17) is 0 Å². The van der Waals surface area contributed by atoms with Gasteiger partial charge in [-0.15, -0.1) is 11.3 Å². The Morgan fingerprint density at radius 1 is 1.03 bits per heavy atom. The maximum atomic E-state index is 12.6. The van der Waals surface area contributed by atoms with E-state index in [1.54, 1.807) is 24.5 Å². The highest BCUT2D eigenvalue weighted by atomic mass is 32.1. The van der Waals surface area contributed by atoms with Gasteiger partial charge in [0.05, 0.1) is 12.1 Å². The number of hydrogen-bond acceptors (Lipinski definition) is 7. The van der Waals surface area contributed by atoms with Gasteiger partial charge in [0.25, 0.3) is 0 Å². The van der Waals surface area contributed by atoms with Gasteiger partial charge in [0.15, 0.2) is 5.13 Å². The van der Waals surface area contributed by atoms with Crippen LogP contribution in [0, 0.1) is 0 Å². The Morgan fingerprint density at radius 3 is 2.52 bits per heavy atom. The van der Waals surface area contributed by atoms with Crippen LogP contribution >= 0.6 is 11.3 Å². The number of hydrogen-bond donors (Lipinski definition) is 1. The second-order valence-corrected chi connectivity index (χ2v) is 7.83. The molecule has 1 N–H and O–H groups in total. The molecule has 1 saturated heterocycles. The first kappa shape index (κ1) is 20.7. The predicted molar refractivity (Wildman–Crippen MR) is 121 cm³/mol. The monoisotopic (exact) mass is 434 g/mol. The fraction of sp³-hybridized carbons (Fsp3) is 0.227. The number of piperazine rings is 1. The van der Waals surface area contributed by atoms with Crippen LogP contribution in [0.15, 0.2) is 60.2 Å². The van der Waals surface area contributed by atoms with Gasteiger partial charge in [-0.2, -0.15) is 0 Å². The van der Waals surface area contributed by atoms with E-state index in [2.05, 4.69) is 25.2 Å². The molecule has 0 spiro atoms. The molecular weight excluding hydrogens is 412 g/mol. The van der Waals surface area contributed by atoms with Crippen molar-refractivity contribution < 1.29 is 9.59 Å². The SMILES string of the molecule is O=C(/C=C/c1ccccc1)Nc1nc(CC(=O)N2CCN(c3ncccn3)CC2)cs1. The number of amides is 2. The highest BCUT2D eigenvalue weighted by molar-refractivity contribution is 7.14. The summed E-state index contributed by atoms with van der Waals surface area (Å²) >= 11 is 1.31. The summed E-state index contributed by atoms with van der Waals surface area (Å²) in [5.74, 6) is 0.465. The van der Waals surface area contributed by atoms with E-state index in [0.29, 0.717) is 43.0 Å². The molecule has 0 atom stereocenters. The average Bonchev–Trinajstić information content (AvgIpc) is 3.25. The summed E-state index contributed by atoms with van der Waals surface area (Å²) < 4.78 is 0. The molecule has 0 aliphatic carbocycles. The van der Waals surface area contributed by atoms with Crippen molar-refractivity contribution in [1.82, 2.24) is 19.9 Å². The number of nitrogens with one attached hydrogen (secondary N) is 1. The van der Waals surface area contributed by atoms with Crippen molar-refractivity contribution in [1.29, 1.82) is 0 Å². The van der Waals surface area contributed by atoms with Crippen LogP contribution in [0.3, 0.4) is 0 Å². The third-order valence-electron chi connectivity index (χ3n) is 4.81. The predicted octanol–water partition coefficient (Wildman–Crippen LogP) is 2.48. The number of benzene rings is 1. The van der Waals surface area contributed by atoms with E-state index < -0.39 is 0 Å². The number of carbonyl (C=O) groups excluding carboxylic acids is 2. The lowest BCUT2D eigenvalue weighted by atomic mass is 10.2. The summed E-state index contributed by atoms with van der Waals surface area (Å²) in [6.07, 6.45) is 6.87. The van der Waals surface area contributed by atoms with Crippen LogP contribution in [0.4, 0.5) is 11.1 Å². The fourth-order valence-electron chi connectivity index (χ4n) is 3.21. The topological polar surface area (TPSA) is 91.3 Å². The Kier molecular flexibility index (Phi) is 6.63. The molecule has 2 aromatic heterocycles. The lowest BCUT2D eigenvalue weighted by Crippen LogP contribution is -2.49. The van der Waals surface area contributed by atoms with Crippen molar-refractivity contribution >= 4 is 40.3 Å². The highest BCUT2D eigenvalue weighted by Crippen LogP contribution is 2.17. The molecule has 0 bridgehead atoms. The van der Waals surface area contributed by atoms with Gasteiger partial charge in [-0.3, -0.25) is 14.9 Å². The van der Waals surface area contributed by atoms with E-state index in [-0.39, 0.29) is 18.2 Å². The smallest absolute Gasteiger partial charge is 0.250 e. The Bertz CT molecular complexity index is 1050. The molecule has 8 nitrogen and oxygen atoms in total. The molecule has 0 saturated carbocycles. The molecule has 2 amide bonds. The van der Waals surface area contributed by atoms with E-state index in [9.17, 15) is 9.59 Å². The number of thiazole rings is 1. The molecule has 0 unspecified atom stereocenters. The lowest BCUT2D eigenvalue weighted by molar-refractivity contribution is -0.130. The van der Waals surface area contributed by atoms with Gasteiger partial charge in [-0.25, -0.2) is 15.0 Å². The van der Waals surface area contributed by atoms with Crippen LogP contribution in [0.2, 0.25) is 0 Å². The first-order valence-electron chi connectivity index (χ1n) is 9.95. The highest BCUT2D eigenvalue weighted by Gasteiger charge is 2.23. The van der Waals surface area contributed by atoms with E-state index in [1.165, 1.54) is 17.4 Å². The first-order chi connectivity index (χ1) is 15.2. The van der Waals surface area contributed by atoms with Crippen LogP contribution in [0.5, 0.6) is 0 Å². The molecular formula is C22H22N6O2S. The van der Waals surface area contributed by atoms with Gasteiger partial charge < -0.3 is 9.80 Å². The van der Waals surface area contributed by atoms with Crippen molar-refractivity contribution in [2.75, 3.05) is 36.4 Å². The van der Waals surface area contributed by atoms with Gasteiger partial charge in [-0.05, 0) is 17.7 Å². The Labute approximate surface area is 184 Å². The molecule has 158 valence electrons. The van der Waals surface area contributed by atoms with Crippen LogP contribution in [-0.2, 0) is 16.0 Å². The maximum Gasteiger partial charge on any atom is 0.250 e. The molecule has 1 aliphatic rings. The zero-order valence-corrected chi connectivity index (χ0v) is 17.7. The van der Waals surface area contributed by atoms with Gasteiger partial charge in [0.1, 0.15) is 0 Å². The van der Waals surface area contributed by atoms with Gasteiger partial charge in [-0.1, -0.05) is 30.3 Å². The number of anilines is 2. The minimum Gasteiger partial charge on any atom is -0.339 e.